The molecule has 0 fully saturated rings. The predicted octanol–water partition coefficient (Wildman–Crippen LogP) is 5.22. The Morgan fingerprint density at radius 2 is 1.80 bits per heavy atom. The number of benzene rings is 2. The first-order valence-electron chi connectivity index (χ1n) is 5.82. The zero-order valence-corrected chi connectivity index (χ0v) is 13.7. The Bertz CT molecular complexity index is 684. The van der Waals surface area contributed by atoms with Gasteiger partial charge in [-0.1, -0.05) is 28.1 Å². The summed E-state index contributed by atoms with van der Waals surface area (Å²) in [5.74, 6) is -1.77. The van der Waals surface area contributed by atoms with Crippen molar-refractivity contribution < 1.29 is 13.6 Å². The molecule has 0 heterocycles. The van der Waals surface area contributed by atoms with Crippen LogP contribution in [0.5, 0.6) is 0 Å². The van der Waals surface area contributed by atoms with E-state index in [1.54, 1.807) is 19.1 Å². The second kappa shape index (κ2) is 6.14. The van der Waals surface area contributed by atoms with Crippen LogP contribution in [0.4, 0.5) is 8.78 Å². The number of halogens is 4. The fraction of sp³-hybridized carbons (Fsp3) is 0.133. The molecule has 0 aliphatic heterocycles. The van der Waals surface area contributed by atoms with Crippen molar-refractivity contribution in [2.45, 2.75) is 13.3 Å². The number of hydrogen-bond donors (Lipinski definition) is 0. The molecule has 0 aliphatic rings. The van der Waals surface area contributed by atoms with Crippen LogP contribution in [0.25, 0.3) is 0 Å². The summed E-state index contributed by atoms with van der Waals surface area (Å²) in [5.41, 5.74) is 0.996. The second-order valence-corrected chi connectivity index (χ2v) is 6.04. The summed E-state index contributed by atoms with van der Waals surface area (Å²) in [4.78, 5) is 12.2. The Balaban J connectivity index is 2.38. The maximum absolute atomic E-state index is 13.9. The highest BCUT2D eigenvalue weighted by atomic mass is 79.9. The first kappa shape index (κ1) is 15.3. The smallest absolute Gasteiger partial charge is 0.167 e. The van der Waals surface area contributed by atoms with Crippen molar-refractivity contribution in [3.63, 3.8) is 0 Å². The van der Waals surface area contributed by atoms with Gasteiger partial charge in [0.05, 0.1) is 4.47 Å². The molecule has 5 heteroatoms. The zero-order valence-electron chi connectivity index (χ0n) is 10.5. The van der Waals surface area contributed by atoms with Crippen molar-refractivity contribution >= 4 is 37.6 Å². The summed E-state index contributed by atoms with van der Waals surface area (Å²) >= 11 is 6.32. The number of carbonyl (C=O) groups is 1. The van der Waals surface area contributed by atoms with E-state index in [-0.39, 0.29) is 22.2 Å². The summed E-state index contributed by atoms with van der Waals surface area (Å²) in [6, 6.07) is 7.60. The van der Waals surface area contributed by atoms with Gasteiger partial charge in [0, 0.05) is 22.0 Å². The van der Waals surface area contributed by atoms with Crippen LogP contribution in [0, 0.1) is 18.6 Å². The van der Waals surface area contributed by atoms with Crippen molar-refractivity contribution in [3.8, 4) is 0 Å². The van der Waals surface area contributed by atoms with Crippen molar-refractivity contribution in [3.05, 3.63) is 67.6 Å². The Kier molecular flexibility index (Phi) is 4.70. The molecule has 0 aliphatic carbocycles. The number of Topliss-reactive ketones (excluding diaryl/α,β-unsaturated/α-hetero) is 1. The maximum atomic E-state index is 13.9. The minimum Gasteiger partial charge on any atom is -0.294 e. The van der Waals surface area contributed by atoms with E-state index in [1.807, 2.05) is 6.07 Å². The van der Waals surface area contributed by atoms with Gasteiger partial charge in [0.25, 0.3) is 0 Å². The minimum atomic E-state index is -0.731. The molecular formula is C15H10Br2F2O. The van der Waals surface area contributed by atoms with Crippen LogP contribution in [0.1, 0.15) is 21.5 Å². The predicted molar refractivity (Wildman–Crippen MR) is 81.0 cm³/mol. The molecule has 2 aromatic carbocycles. The molecule has 0 N–H and O–H groups in total. The van der Waals surface area contributed by atoms with Gasteiger partial charge in [-0.15, -0.1) is 0 Å². The molecule has 2 rings (SSSR count). The fourth-order valence-corrected chi connectivity index (χ4v) is 2.63. The van der Waals surface area contributed by atoms with Crippen LogP contribution in [-0.4, -0.2) is 5.78 Å². The average molecular weight is 404 g/mol. The van der Waals surface area contributed by atoms with Gasteiger partial charge < -0.3 is 0 Å². The third-order valence-corrected chi connectivity index (χ3v) is 4.52. The van der Waals surface area contributed by atoms with Gasteiger partial charge in [-0.25, -0.2) is 8.78 Å². The Hall–Kier alpha value is -1.07. The Morgan fingerprint density at radius 3 is 2.50 bits per heavy atom. The highest BCUT2D eigenvalue weighted by molar-refractivity contribution is 9.10. The van der Waals surface area contributed by atoms with Gasteiger partial charge in [-0.3, -0.25) is 4.79 Å². The van der Waals surface area contributed by atoms with Crippen LogP contribution in [-0.2, 0) is 6.42 Å². The maximum Gasteiger partial charge on any atom is 0.167 e. The van der Waals surface area contributed by atoms with E-state index in [0.29, 0.717) is 5.56 Å². The number of rotatable bonds is 3. The quantitative estimate of drug-likeness (QED) is 0.507. The molecule has 2 aromatic rings. The monoisotopic (exact) mass is 402 g/mol. The molecule has 0 bridgehead atoms. The SMILES string of the molecule is Cc1c(Br)cccc1C(=O)Cc1c(F)ccc(Br)c1F. The normalized spacial score (nSPS) is 10.7. The molecule has 0 radical (unpaired) electrons. The van der Waals surface area contributed by atoms with E-state index in [2.05, 4.69) is 31.9 Å². The van der Waals surface area contributed by atoms with E-state index < -0.39 is 11.6 Å². The van der Waals surface area contributed by atoms with Gasteiger partial charge in [0.15, 0.2) is 5.78 Å². The molecule has 0 unspecified atom stereocenters. The van der Waals surface area contributed by atoms with E-state index in [1.165, 1.54) is 6.07 Å². The summed E-state index contributed by atoms with van der Waals surface area (Å²) in [7, 11) is 0. The van der Waals surface area contributed by atoms with Gasteiger partial charge >= 0.3 is 0 Å². The summed E-state index contributed by atoms with van der Waals surface area (Å²) in [6.07, 6.45) is -0.311. The third kappa shape index (κ3) is 2.99. The van der Waals surface area contributed by atoms with Gasteiger partial charge in [-0.05, 0) is 46.6 Å². The molecule has 1 nitrogen and oxygen atoms in total. The molecule has 104 valence electrons. The van der Waals surface area contributed by atoms with Crippen LogP contribution in [0.15, 0.2) is 39.3 Å². The molecule has 0 aromatic heterocycles. The first-order valence-corrected chi connectivity index (χ1v) is 7.41. The number of carbonyl (C=O) groups excluding carboxylic acids is 1. The number of ketones is 1. The molecule has 0 atom stereocenters. The van der Waals surface area contributed by atoms with Crippen molar-refractivity contribution in [2.75, 3.05) is 0 Å². The Morgan fingerprint density at radius 1 is 1.10 bits per heavy atom. The van der Waals surface area contributed by atoms with Gasteiger partial charge in [-0.2, -0.15) is 0 Å². The number of hydrogen-bond acceptors (Lipinski definition) is 1. The van der Waals surface area contributed by atoms with Crippen LogP contribution >= 0.6 is 31.9 Å². The fourth-order valence-electron chi connectivity index (χ4n) is 1.90. The third-order valence-electron chi connectivity index (χ3n) is 3.04. The van der Waals surface area contributed by atoms with E-state index in [9.17, 15) is 13.6 Å². The van der Waals surface area contributed by atoms with Crippen molar-refractivity contribution in [1.82, 2.24) is 0 Å². The second-order valence-electron chi connectivity index (χ2n) is 4.33. The lowest BCUT2D eigenvalue weighted by Crippen LogP contribution is -2.09. The molecule has 0 amide bonds. The van der Waals surface area contributed by atoms with Crippen molar-refractivity contribution in [1.29, 1.82) is 0 Å². The molecular weight excluding hydrogens is 394 g/mol. The molecule has 0 spiro atoms. The van der Waals surface area contributed by atoms with Crippen LogP contribution < -0.4 is 0 Å². The first-order chi connectivity index (χ1) is 9.41. The van der Waals surface area contributed by atoms with Gasteiger partial charge in [0.2, 0.25) is 0 Å². The zero-order chi connectivity index (χ0) is 14.9. The van der Waals surface area contributed by atoms with E-state index in [0.717, 1.165) is 16.1 Å². The summed E-state index contributed by atoms with van der Waals surface area (Å²) in [6.45, 7) is 1.78. The molecule has 20 heavy (non-hydrogen) atoms. The van der Waals surface area contributed by atoms with Crippen LogP contribution in [0.2, 0.25) is 0 Å². The molecule has 0 saturated heterocycles. The largest absolute Gasteiger partial charge is 0.294 e. The highest BCUT2D eigenvalue weighted by Crippen LogP contribution is 2.25. The lowest BCUT2D eigenvalue weighted by Gasteiger charge is -2.09. The lowest BCUT2D eigenvalue weighted by molar-refractivity contribution is 0.0990. The molecule has 0 saturated carbocycles. The van der Waals surface area contributed by atoms with E-state index in [4.69, 9.17) is 0 Å². The minimum absolute atomic E-state index is 0.146. The van der Waals surface area contributed by atoms with Crippen molar-refractivity contribution in [2.24, 2.45) is 0 Å². The standard InChI is InChI=1S/C15H10Br2F2O/c1-8-9(3-2-4-11(8)16)14(20)7-10-13(18)6-5-12(17)15(10)19/h2-6H,7H2,1H3. The topological polar surface area (TPSA) is 17.1 Å². The van der Waals surface area contributed by atoms with Gasteiger partial charge in [0.1, 0.15) is 11.6 Å². The summed E-state index contributed by atoms with van der Waals surface area (Å²) < 4.78 is 28.5. The highest BCUT2D eigenvalue weighted by Gasteiger charge is 2.18. The van der Waals surface area contributed by atoms with Crippen LogP contribution in [0.3, 0.4) is 0 Å². The average Bonchev–Trinajstić information content (AvgIpc) is 2.42. The van der Waals surface area contributed by atoms with E-state index >= 15 is 0 Å². The summed E-state index contributed by atoms with van der Waals surface area (Å²) in [5, 5.41) is 0. The Labute approximate surface area is 132 Å². The lowest BCUT2D eigenvalue weighted by atomic mass is 9.99.